The minimum Gasteiger partial charge on any atom is -0.487 e. The Labute approximate surface area is 222 Å². The van der Waals surface area contributed by atoms with Crippen molar-refractivity contribution in [2.24, 2.45) is 0 Å². The average Bonchev–Trinajstić information content (AvgIpc) is 2.82. The lowest BCUT2D eigenvalue weighted by Gasteiger charge is -2.26. The monoisotopic (exact) mass is 613 g/mol. The number of non-ortho nitro benzene ring substituents is 1. The maximum absolute atomic E-state index is 13.1. The number of carbonyl (C=O) groups is 3. The highest BCUT2D eigenvalue weighted by molar-refractivity contribution is 9.11. The number of nitro benzene ring substituents is 1. The number of barbiturate groups is 1. The van der Waals surface area contributed by atoms with Gasteiger partial charge in [-0.3, -0.25) is 25.0 Å². The zero-order chi connectivity index (χ0) is 26.0. The van der Waals surface area contributed by atoms with Crippen molar-refractivity contribution in [2.75, 3.05) is 4.90 Å². The molecule has 0 bridgehead atoms. The summed E-state index contributed by atoms with van der Waals surface area (Å²) in [6, 6.07) is 15.3. The number of benzene rings is 3. The molecule has 0 spiro atoms. The normalized spacial score (nSPS) is 14.7. The number of carbonyl (C=O) groups excluding carboxylic acids is 3. The van der Waals surface area contributed by atoms with Gasteiger partial charge in [0.15, 0.2) is 0 Å². The Morgan fingerprint density at radius 3 is 2.19 bits per heavy atom. The Hall–Kier alpha value is -3.83. The van der Waals surface area contributed by atoms with E-state index in [0.29, 0.717) is 25.9 Å². The standard InChI is InChI=1S/C25H17Br2N3O6/c1-14-2-6-17(7-3-14)29-24(32)19(23(31)28-25(29)33)10-16-11-20(26)22(21(27)12-16)36-13-15-4-8-18(9-5-15)30(34)35/h2-12H,13H2,1H3,(H,28,31,33)/b19-10+. The number of rotatable bonds is 6. The van der Waals surface area contributed by atoms with Gasteiger partial charge in [0.05, 0.1) is 19.6 Å². The van der Waals surface area contributed by atoms with E-state index < -0.39 is 22.8 Å². The van der Waals surface area contributed by atoms with E-state index in [1.165, 1.54) is 18.2 Å². The maximum atomic E-state index is 13.1. The summed E-state index contributed by atoms with van der Waals surface area (Å²) in [6.07, 6.45) is 1.39. The summed E-state index contributed by atoms with van der Waals surface area (Å²) < 4.78 is 6.94. The fourth-order valence-corrected chi connectivity index (χ4v) is 4.87. The van der Waals surface area contributed by atoms with E-state index in [9.17, 15) is 24.5 Å². The number of halogens is 2. The summed E-state index contributed by atoms with van der Waals surface area (Å²) >= 11 is 6.88. The van der Waals surface area contributed by atoms with Crippen LogP contribution in [-0.2, 0) is 16.2 Å². The SMILES string of the molecule is Cc1ccc(N2C(=O)NC(=O)/C(=C\c3cc(Br)c(OCc4ccc([N+](=O)[O-])cc4)c(Br)c3)C2=O)cc1. The number of nitrogens with one attached hydrogen (secondary N) is 1. The zero-order valence-corrected chi connectivity index (χ0v) is 21.8. The van der Waals surface area contributed by atoms with E-state index in [2.05, 4.69) is 37.2 Å². The van der Waals surface area contributed by atoms with Crippen LogP contribution < -0.4 is 15.0 Å². The third-order valence-corrected chi connectivity index (χ3v) is 6.43. The summed E-state index contributed by atoms with van der Waals surface area (Å²) in [5.41, 5.74) is 2.33. The van der Waals surface area contributed by atoms with Gasteiger partial charge < -0.3 is 4.74 Å². The molecule has 1 fully saturated rings. The number of anilines is 1. The van der Waals surface area contributed by atoms with Crippen LogP contribution in [0.1, 0.15) is 16.7 Å². The van der Waals surface area contributed by atoms with E-state index in [4.69, 9.17) is 4.74 Å². The number of urea groups is 1. The number of nitro groups is 1. The van der Waals surface area contributed by atoms with E-state index >= 15 is 0 Å². The van der Waals surface area contributed by atoms with Crippen molar-refractivity contribution in [3.05, 3.63) is 102 Å². The lowest BCUT2D eigenvalue weighted by atomic mass is 10.1. The Morgan fingerprint density at radius 2 is 1.61 bits per heavy atom. The molecule has 4 amide bonds. The van der Waals surface area contributed by atoms with Crippen molar-refractivity contribution < 1.29 is 24.0 Å². The Balaban J connectivity index is 1.57. The van der Waals surface area contributed by atoms with E-state index in [1.54, 1.807) is 48.5 Å². The third-order valence-electron chi connectivity index (χ3n) is 5.26. The number of imide groups is 2. The summed E-state index contributed by atoms with van der Waals surface area (Å²) in [5.74, 6) is -1.07. The van der Waals surface area contributed by atoms with Gasteiger partial charge in [-0.1, -0.05) is 17.7 Å². The highest BCUT2D eigenvalue weighted by Crippen LogP contribution is 2.36. The van der Waals surface area contributed by atoms with Crippen LogP contribution in [0.25, 0.3) is 6.08 Å². The predicted octanol–water partition coefficient (Wildman–Crippen LogP) is 5.67. The molecule has 0 aliphatic carbocycles. The molecule has 1 aliphatic rings. The first-order valence-electron chi connectivity index (χ1n) is 10.5. The van der Waals surface area contributed by atoms with Crippen LogP contribution in [0.4, 0.5) is 16.2 Å². The first kappa shape index (κ1) is 25.3. The molecule has 1 saturated heterocycles. The number of hydrogen-bond donors (Lipinski definition) is 1. The number of aryl methyl sites for hydroxylation is 1. The average molecular weight is 615 g/mol. The molecule has 3 aromatic rings. The van der Waals surface area contributed by atoms with Gasteiger partial charge in [-0.15, -0.1) is 0 Å². The van der Waals surface area contributed by atoms with Crippen molar-refractivity contribution in [3.63, 3.8) is 0 Å². The van der Waals surface area contributed by atoms with Gasteiger partial charge in [0.2, 0.25) is 0 Å². The van der Waals surface area contributed by atoms with Crippen molar-refractivity contribution in [1.82, 2.24) is 5.32 Å². The zero-order valence-electron chi connectivity index (χ0n) is 18.7. The Morgan fingerprint density at radius 1 is 1.00 bits per heavy atom. The van der Waals surface area contributed by atoms with Crippen molar-refractivity contribution >= 4 is 67.2 Å². The Kier molecular flexibility index (Phi) is 7.32. The predicted molar refractivity (Wildman–Crippen MR) is 139 cm³/mol. The van der Waals surface area contributed by atoms with Gasteiger partial charge in [0, 0.05) is 12.1 Å². The van der Waals surface area contributed by atoms with Crippen LogP contribution >= 0.6 is 31.9 Å². The molecular weight excluding hydrogens is 598 g/mol. The van der Waals surface area contributed by atoms with Gasteiger partial charge in [-0.25, -0.2) is 9.69 Å². The third kappa shape index (κ3) is 5.37. The van der Waals surface area contributed by atoms with Gasteiger partial charge in [-0.05, 0) is 92.4 Å². The fraction of sp³-hybridized carbons (Fsp3) is 0.0800. The molecule has 11 heteroatoms. The van der Waals surface area contributed by atoms with Crippen molar-refractivity contribution in [1.29, 1.82) is 0 Å². The minimum atomic E-state index is -0.816. The molecule has 1 N–H and O–H groups in total. The van der Waals surface area contributed by atoms with Gasteiger partial charge in [0.25, 0.3) is 17.5 Å². The quantitative estimate of drug-likeness (QED) is 0.165. The fourth-order valence-electron chi connectivity index (χ4n) is 3.42. The van der Waals surface area contributed by atoms with Crippen molar-refractivity contribution in [2.45, 2.75) is 13.5 Å². The summed E-state index contributed by atoms with van der Waals surface area (Å²) in [5, 5.41) is 13.0. The smallest absolute Gasteiger partial charge is 0.335 e. The van der Waals surface area contributed by atoms with Crippen LogP contribution in [0, 0.1) is 17.0 Å². The van der Waals surface area contributed by atoms with Gasteiger partial charge in [0.1, 0.15) is 17.9 Å². The first-order valence-corrected chi connectivity index (χ1v) is 12.1. The lowest BCUT2D eigenvalue weighted by molar-refractivity contribution is -0.384. The van der Waals surface area contributed by atoms with Gasteiger partial charge >= 0.3 is 6.03 Å². The topological polar surface area (TPSA) is 119 Å². The van der Waals surface area contributed by atoms with E-state index in [-0.39, 0.29) is 17.9 Å². The molecule has 3 aromatic carbocycles. The van der Waals surface area contributed by atoms with Crippen LogP contribution in [0.3, 0.4) is 0 Å². The molecule has 0 aromatic heterocycles. The first-order chi connectivity index (χ1) is 17.1. The van der Waals surface area contributed by atoms with E-state index in [1.807, 2.05) is 6.92 Å². The summed E-state index contributed by atoms with van der Waals surface area (Å²) in [6.45, 7) is 2.04. The Bertz CT molecular complexity index is 1400. The van der Waals surface area contributed by atoms with Gasteiger partial charge in [-0.2, -0.15) is 0 Å². The number of hydrogen-bond acceptors (Lipinski definition) is 6. The number of nitrogens with zero attached hydrogens (tertiary/aromatic N) is 2. The molecular formula is C25H17Br2N3O6. The van der Waals surface area contributed by atoms with Crippen LogP contribution in [0.5, 0.6) is 5.75 Å². The molecule has 0 unspecified atom stereocenters. The van der Waals surface area contributed by atoms with E-state index in [0.717, 1.165) is 16.0 Å². The number of amides is 4. The van der Waals surface area contributed by atoms with Crippen molar-refractivity contribution in [3.8, 4) is 5.75 Å². The van der Waals surface area contributed by atoms with Crippen LogP contribution in [-0.4, -0.2) is 22.8 Å². The molecule has 0 atom stereocenters. The van der Waals surface area contributed by atoms with Crippen LogP contribution in [0.2, 0.25) is 0 Å². The number of ether oxygens (including phenoxy) is 1. The maximum Gasteiger partial charge on any atom is 0.335 e. The molecule has 0 saturated carbocycles. The molecule has 4 rings (SSSR count). The second-order valence-corrected chi connectivity index (χ2v) is 9.53. The highest BCUT2D eigenvalue weighted by atomic mass is 79.9. The second-order valence-electron chi connectivity index (χ2n) is 7.82. The molecule has 182 valence electrons. The lowest BCUT2D eigenvalue weighted by Crippen LogP contribution is -2.54. The van der Waals surface area contributed by atoms with Crippen LogP contribution in [0.15, 0.2) is 75.2 Å². The largest absolute Gasteiger partial charge is 0.487 e. The molecule has 9 nitrogen and oxygen atoms in total. The molecule has 1 aliphatic heterocycles. The molecule has 1 heterocycles. The highest BCUT2D eigenvalue weighted by Gasteiger charge is 2.36. The summed E-state index contributed by atoms with van der Waals surface area (Å²) in [4.78, 5) is 49.2. The second kappa shape index (κ2) is 10.4. The minimum absolute atomic E-state index is 0.0116. The molecule has 36 heavy (non-hydrogen) atoms. The summed E-state index contributed by atoms with van der Waals surface area (Å²) in [7, 11) is 0. The molecule has 0 radical (unpaired) electrons.